The van der Waals surface area contributed by atoms with Gasteiger partial charge in [0.05, 0.1) is 0 Å². The number of nitrogens with zero attached hydrogens (tertiary/aromatic N) is 3. The molecule has 2 rings (SSSR count). The lowest BCUT2D eigenvalue weighted by atomic mass is 9.95. The molecule has 0 aromatic carbocycles. The predicted octanol–water partition coefficient (Wildman–Crippen LogP) is 0.164. The van der Waals surface area contributed by atoms with Gasteiger partial charge in [-0.25, -0.2) is 0 Å². The Morgan fingerprint density at radius 3 is 2.56 bits per heavy atom. The van der Waals surface area contributed by atoms with Gasteiger partial charge in [-0.2, -0.15) is 0 Å². The molecule has 4 nitrogen and oxygen atoms in total. The van der Waals surface area contributed by atoms with Gasteiger partial charge >= 0.3 is 0 Å². The van der Waals surface area contributed by atoms with Gasteiger partial charge in [0.15, 0.2) is 0 Å². The molecule has 0 aliphatic carbocycles. The predicted molar refractivity (Wildman–Crippen MR) is 77.0 cm³/mol. The fourth-order valence-electron chi connectivity index (χ4n) is 3.22. The van der Waals surface area contributed by atoms with Crippen molar-refractivity contribution in [2.75, 3.05) is 67.0 Å². The molecule has 1 atom stereocenters. The Morgan fingerprint density at radius 2 is 1.89 bits per heavy atom. The van der Waals surface area contributed by atoms with Crippen LogP contribution in [0.25, 0.3) is 0 Å². The van der Waals surface area contributed by atoms with Gasteiger partial charge in [0.25, 0.3) is 0 Å². The van der Waals surface area contributed by atoms with Crippen LogP contribution in [-0.2, 0) is 0 Å². The first-order valence-corrected chi connectivity index (χ1v) is 7.43. The third kappa shape index (κ3) is 4.19. The molecule has 2 aliphatic rings. The fourth-order valence-corrected chi connectivity index (χ4v) is 3.22. The molecule has 0 bridgehead atoms. The maximum Gasteiger partial charge on any atom is 0.0348 e. The molecule has 0 saturated carbocycles. The van der Waals surface area contributed by atoms with Crippen molar-refractivity contribution in [3.63, 3.8) is 0 Å². The Morgan fingerprint density at radius 1 is 1.17 bits per heavy atom. The normalized spacial score (nSPS) is 29.0. The van der Waals surface area contributed by atoms with Crippen LogP contribution in [0.2, 0.25) is 0 Å². The Bertz CT molecular complexity index is 236. The quantitative estimate of drug-likeness (QED) is 0.772. The van der Waals surface area contributed by atoms with E-state index in [1.807, 2.05) is 0 Å². The van der Waals surface area contributed by atoms with Crippen molar-refractivity contribution >= 4 is 0 Å². The average molecular weight is 254 g/mol. The summed E-state index contributed by atoms with van der Waals surface area (Å²) in [5, 5.41) is 3.54. The lowest BCUT2D eigenvalue weighted by molar-refractivity contribution is 0.0932. The Balaban J connectivity index is 1.81. The molecule has 2 aliphatic heterocycles. The van der Waals surface area contributed by atoms with Gasteiger partial charge in [0.2, 0.25) is 0 Å². The summed E-state index contributed by atoms with van der Waals surface area (Å²) in [5.41, 5.74) is 0. The lowest BCUT2D eigenvalue weighted by Crippen LogP contribution is -2.56. The third-order valence-corrected chi connectivity index (χ3v) is 4.38. The van der Waals surface area contributed by atoms with Crippen molar-refractivity contribution in [1.82, 2.24) is 20.0 Å². The van der Waals surface area contributed by atoms with Crippen LogP contribution in [0.4, 0.5) is 0 Å². The van der Waals surface area contributed by atoms with Crippen molar-refractivity contribution in [2.24, 2.45) is 5.92 Å². The van der Waals surface area contributed by atoms with Gasteiger partial charge in [0.1, 0.15) is 0 Å². The molecule has 0 radical (unpaired) electrons. The number of piperazine rings is 1. The Hall–Kier alpha value is -0.160. The lowest BCUT2D eigenvalue weighted by Gasteiger charge is -2.41. The van der Waals surface area contributed by atoms with Crippen molar-refractivity contribution in [1.29, 1.82) is 0 Å². The molecule has 2 heterocycles. The molecule has 0 unspecified atom stereocenters. The molecule has 2 fully saturated rings. The highest BCUT2D eigenvalue weighted by Crippen LogP contribution is 2.19. The summed E-state index contributed by atoms with van der Waals surface area (Å²) in [7, 11) is 6.61. The maximum atomic E-state index is 3.54. The first-order valence-electron chi connectivity index (χ1n) is 7.43. The second-order valence-corrected chi connectivity index (χ2v) is 6.36. The van der Waals surface area contributed by atoms with Gasteiger partial charge in [-0.15, -0.1) is 0 Å². The van der Waals surface area contributed by atoms with Crippen molar-refractivity contribution in [3.8, 4) is 0 Å². The highest BCUT2D eigenvalue weighted by atomic mass is 15.3. The summed E-state index contributed by atoms with van der Waals surface area (Å²) < 4.78 is 0. The van der Waals surface area contributed by atoms with E-state index in [1.54, 1.807) is 0 Å². The highest BCUT2D eigenvalue weighted by Gasteiger charge is 2.26. The van der Waals surface area contributed by atoms with Gasteiger partial charge in [0, 0.05) is 38.8 Å². The van der Waals surface area contributed by atoms with Crippen LogP contribution in [0.3, 0.4) is 0 Å². The molecule has 106 valence electrons. The van der Waals surface area contributed by atoms with Gasteiger partial charge < -0.3 is 15.1 Å². The van der Waals surface area contributed by atoms with E-state index in [2.05, 4.69) is 41.2 Å². The van der Waals surface area contributed by atoms with E-state index in [9.17, 15) is 0 Å². The number of likely N-dealkylation sites (tertiary alicyclic amines) is 1. The largest absolute Gasteiger partial charge is 0.314 e. The van der Waals surface area contributed by atoms with Gasteiger partial charge in [-0.1, -0.05) is 0 Å². The molecule has 1 N–H and O–H groups in total. The monoisotopic (exact) mass is 254 g/mol. The molecular weight excluding hydrogens is 224 g/mol. The molecule has 2 saturated heterocycles. The first kappa shape index (κ1) is 14.3. The number of hydrogen-bond acceptors (Lipinski definition) is 4. The molecule has 0 aromatic heterocycles. The second-order valence-electron chi connectivity index (χ2n) is 6.36. The van der Waals surface area contributed by atoms with Crippen LogP contribution in [0, 0.1) is 5.92 Å². The van der Waals surface area contributed by atoms with Crippen LogP contribution >= 0.6 is 0 Å². The third-order valence-electron chi connectivity index (χ3n) is 4.38. The summed E-state index contributed by atoms with van der Waals surface area (Å²) in [4.78, 5) is 7.51. The van der Waals surface area contributed by atoms with E-state index < -0.39 is 0 Å². The average Bonchev–Trinajstić information content (AvgIpc) is 2.34. The molecule has 0 spiro atoms. The minimum atomic E-state index is 0.702. The topological polar surface area (TPSA) is 21.8 Å². The molecule has 0 aromatic rings. The van der Waals surface area contributed by atoms with Crippen LogP contribution in [0.15, 0.2) is 0 Å². The van der Waals surface area contributed by atoms with Gasteiger partial charge in [-0.3, -0.25) is 4.90 Å². The summed E-state index contributed by atoms with van der Waals surface area (Å²) in [6, 6.07) is 0.702. The van der Waals surface area contributed by atoms with E-state index in [1.165, 1.54) is 45.6 Å². The number of likely N-dealkylation sites (N-methyl/N-ethyl adjacent to an activating group) is 1. The maximum absolute atomic E-state index is 3.54. The van der Waals surface area contributed by atoms with Crippen LogP contribution in [0.1, 0.15) is 12.8 Å². The Kier molecular flexibility index (Phi) is 5.42. The summed E-state index contributed by atoms with van der Waals surface area (Å²) >= 11 is 0. The van der Waals surface area contributed by atoms with Crippen LogP contribution in [-0.4, -0.2) is 87.7 Å². The van der Waals surface area contributed by atoms with E-state index in [4.69, 9.17) is 0 Å². The SMILES string of the molecule is CN(C)C[C@@H]1CNCCN1CC1CCN(C)CC1. The highest BCUT2D eigenvalue weighted by molar-refractivity contribution is 4.84. The number of nitrogens with one attached hydrogen (secondary N) is 1. The zero-order valence-corrected chi connectivity index (χ0v) is 12.4. The van der Waals surface area contributed by atoms with Crippen molar-refractivity contribution in [3.05, 3.63) is 0 Å². The number of hydrogen-bond donors (Lipinski definition) is 1. The van der Waals surface area contributed by atoms with E-state index >= 15 is 0 Å². The zero-order chi connectivity index (χ0) is 13.0. The number of rotatable bonds is 4. The smallest absolute Gasteiger partial charge is 0.0348 e. The Labute approximate surface area is 112 Å². The summed E-state index contributed by atoms with van der Waals surface area (Å²) in [6.07, 6.45) is 2.77. The standard InChI is InChI=1S/C14H30N4/c1-16(2)12-14-10-15-6-9-18(14)11-13-4-7-17(3)8-5-13/h13-15H,4-12H2,1-3H3/t14-/m0/s1. The molecule has 4 heteroatoms. The van der Waals surface area contributed by atoms with E-state index in [-0.39, 0.29) is 0 Å². The van der Waals surface area contributed by atoms with Gasteiger partial charge in [-0.05, 0) is 53.0 Å². The summed E-state index contributed by atoms with van der Waals surface area (Å²) in [5.74, 6) is 0.920. The minimum Gasteiger partial charge on any atom is -0.314 e. The van der Waals surface area contributed by atoms with Crippen molar-refractivity contribution < 1.29 is 0 Å². The minimum absolute atomic E-state index is 0.702. The van der Waals surface area contributed by atoms with E-state index in [0.29, 0.717) is 6.04 Å². The summed E-state index contributed by atoms with van der Waals surface area (Å²) in [6.45, 7) is 8.62. The molecular formula is C14H30N4. The second kappa shape index (κ2) is 6.85. The molecule has 0 amide bonds. The van der Waals surface area contributed by atoms with Crippen LogP contribution in [0.5, 0.6) is 0 Å². The zero-order valence-electron chi connectivity index (χ0n) is 12.4. The first-order chi connectivity index (χ1) is 8.65. The van der Waals surface area contributed by atoms with E-state index in [0.717, 1.165) is 19.0 Å². The molecule has 18 heavy (non-hydrogen) atoms. The number of piperidine rings is 1. The fraction of sp³-hybridized carbons (Fsp3) is 1.00. The van der Waals surface area contributed by atoms with Crippen LogP contribution < -0.4 is 5.32 Å². The van der Waals surface area contributed by atoms with Crippen molar-refractivity contribution in [2.45, 2.75) is 18.9 Å².